The maximum Gasteiger partial charge on any atom is 0.273 e. The van der Waals surface area contributed by atoms with Crippen LogP contribution in [0.25, 0.3) is 10.9 Å². The number of aromatic nitrogens is 1. The van der Waals surface area contributed by atoms with Gasteiger partial charge in [0, 0.05) is 11.5 Å². The lowest BCUT2D eigenvalue weighted by atomic mass is 10.1. The van der Waals surface area contributed by atoms with Crippen LogP contribution in [0.5, 0.6) is 5.75 Å². The lowest BCUT2D eigenvalue weighted by Crippen LogP contribution is -1.97. The maximum atomic E-state index is 10.8. The first-order valence-electron chi connectivity index (χ1n) is 4.92. The SMILES string of the molecule is COc1cc([N+](=O)[O-])cc2cc(C)c(N)nc12. The molecule has 0 amide bonds. The second-order valence-electron chi connectivity index (χ2n) is 3.67. The van der Waals surface area contributed by atoms with Crippen LogP contribution < -0.4 is 10.5 Å². The minimum Gasteiger partial charge on any atom is -0.494 e. The fourth-order valence-electron chi connectivity index (χ4n) is 1.62. The number of fused-ring (bicyclic) bond motifs is 1. The highest BCUT2D eigenvalue weighted by Crippen LogP contribution is 2.31. The van der Waals surface area contributed by atoms with Crippen molar-refractivity contribution in [1.29, 1.82) is 0 Å². The molecule has 6 heteroatoms. The van der Waals surface area contributed by atoms with Crippen LogP contribution in [-0.4, -0.2) is 17.0 Å². The van der Waals surface area contributed by atoms with E-state index in [2.05, 4.69) is 4.98 Å². The summed E-state index contributed by atoms with van der Waals surface area (Å²) in [4.78, 5) is 14.5. The summed E-state index contributed by atoms with van der Waals surface area (Å²) in [7, 11) is 1.44. The van der Waals surface area contributed by atoms with Gasteiger partial charge in [-0.05, 0) is 18.6 Å². The second-order valence-corrected chi connectivity index (χ2v) is 3.67. The molecule has 17 heavy (non-hydrogen) atoms. The first-order valence-corrected chi connectivity index (χ1v) is 4.92. The van der Waals surface area contributed by atoms with Gasteiger partial charge in [0.1, 0.15) is 11.3 Å². The van der Waals surface area contributed by atoms with Crippen LogP contribution in [0.3, 0.4) is 0 Å². The van der Waals surface area contributed by atoms with Crippen molar-refractivity contribution < 1.29 is 9.66 Å². The first-order chi connectivity index (χ1) is 8.02. The zero-order chi connectivity index (χ0) is 12.6. The van der Waals surface area contributed by atoms with Crippen molar-refractivity contribution in [3.63, 3.8) is 0 Å². The number of nitro groups is 1. The molecule has 0 fully saturated rings. The molecule has 2 rings (SSSR count). The fraction of sp³-hybridized carbons (Fsp3) is 0.182. The molecule has 1 heterocycles. The summed E-state index contributed by atoms with van der Waals surface area (Å²) >= 11 is 0. The van der Waals surface area contributed by atoms with E-state index >= 15 is 0 Å². The zero-order valence-electron chi connectivity index (χ0n) is 9.43. The number of anilines is 1. The number of non-ortho nitro benzene ring substituents is 1. The molecule has 0 aliphatic rings. The maximum absolute atomic E-state index is 10.8. The summed E-state index contributed by atoms with van der Waals surface area (Å²) < 4.78 is 5.09. The summed E-state index contributed by atoms with van der Waals surface area (Å²) in [5.74, 6) is 0.741. The van der Waals surface area contributed by atoms with Gasteiger partial charge in [0.15, 0.2) is 5.75 Å². The zero-order valence-corrected chi connectivity index (χ0v) is 9.43. The Hall–Kier alpha value is -2.37. The number of hydrogen-bond acceptors (Lipinski definition) is 5. The van der Waals surface area contributed by atoms with Gasteiger partial charge in [0.25, 0.3) is 5.69 Å². The fourth-order valence-corrected chi connectivity index (χ4v) is 1.62. The highest BCUT2D eigenvalue weighted by atomic mass is 16.6. The van der Waals surface area contributed by atoms with Crippen molar-refractivity contribution in [2.45, 2.75) is 6.92 Å². The molecule has 0 bridgehead atoms. The van der Waals surface area contributed by atoms with Crippen LogP contribution in [0, 0.1) is 17.0 Å². The Balaban J connectivity index is 2.82. The van der Waals surface area contributed by atoms with E-state index in [1.165, 1.54) is 19.2 Å². The summed E-state index contributed by atoms with van der Waals surface area (Å²) in [6.45, 7) is 1.80. The Labute approximate surface area is 97.2 Å². The van der Waals surface area contributed by atoms with E-state index in [9.17, 15) is 10.1 Å². The van der Waals surface area contributed by atoms with E-state index in [4.69, 9.17) is 10.5 Å². The lowest BCUT2D eigenvalue weighted by Gasteiger charge is -2.07. The van der Waals surface area contributed by atoms with Crippen molar-refractivity contribution >= 4 is 22.4 Å². The molecule has 0 radical (unpaired) electrons. The predicted molar refractivity (Wildman–Crippen MR) is 64.1 cm³/mol. The number of ether oxygens (including phenoxy) is 1. The van der Waals surface area contributed by atoms with E-state index in [1.807, 2.05) is 0 Å². The second kappa shape index (κ2) is 3.89. The Kier molecular flexibility index (Phi) is 2.55. The van der Waals surface area contributed by atoms with Crippen LogP contribution in [0.2, 0.25) is 0 Å². The molecule has 0 atom stereocenters. The van der Waals surface area contributed by atoms with Gasteiger partial charge in [-0.1, -0.05) is 0 Å². The first kappa shape index (κ1) is 11.1. The number of benzene rings is 1. The van der Waals surface area contributed by atoms with E-state index in [0.717, 1.165) is 5.56 Å². The number of aryl methyl sites for hydroxylation is 1. The van der Waals surface area contributed by atoms with Crippen molar-refractivity contribution in [3.05, 3.63) is 33.9 Å². The molecule has 0 saturated heterocycles. The summed E-state index contributed by atoms with van der Waals surface area (Å²) in [6, 6.07) is 4.55. The van der Waals surface area contributed by atoms with Gasteiger partial charge in [-0.3, -0.25) is 10.1 Å². The van der Waals surface area contributed by atoms with Gasteiger partial charge in [0.2, 0.25) is 0 Å². The number of pyridine rings is 1. The number of nitrogens with two attached hydrogens (primary N) is 1. The molecule has 6 nitrogen and oxygen atoms in total. The summed E-state index contributed by atoms with van der Waals surface area (Å²) in [6.07, 6.45) is 0. The smallest absolute Gasteiger partial charge is 0.273 e. The molecule has 0 aliphatic heterocycles. The Morgan fingerprint density at radius 3 is 2.71 bits per heavy atom. The van der Waals surface area contributed by atoms with Gasteiger partial charge in [0.05, 0.1) is 18.1 Å². The van der Waals surface area contributed by atoms with Crippen molar-refractivity contribution in [3.8, 4) is 5.75 Å². The van der Waals surface area contributed by atoms with E-state index in [1.54, 1.807) is 13.0 Å². The largest absolute Gasteiger partial charge is 0.494 e. The van der Waals surface area contributed by atoms with E-state index in [0.29, 0.717) is 22.5 Å². The van der Waals surface area contributed by atoms with Gasteiger partial charge in [-0.15, -0.1) is 0 Å². The summed E-state index contributed by atoms with van der Waals surface area (Å²) in [5, 5.41) is 11.4. The molecule has 88 valence electrons. The van der Waals surface area contributed by atoms with Gasteiger partial charge < -0.3 is 10.5 Å². The Bertz CT molecular complexity index is 610. The molecule has 0 unspecified atom stereocenters. The molecule has 2 aromatic rings. The third-order valence-corrected chi connectivity index (χ3v) is 2.53. The van der Waals surface area contributed by atoms with E-state index in [-0.39, 0.29) is 5.69 Å². The topological polar surface area (TPSA) is 91.3 Å². The number of methoxy groups -OCH3 is 1. The molecule has 1 aromatic heterocycles. The number of hydrogen-bond donors (Lipinski definition) is 1. The third kappa shape index (κ3) is 1.84. The van der Waals surface area contributed by atoms with Gasteiger partial charge >= 0.3 is 0 Å². The highest BCUT2D eigenvalue weighted by molar-refractivity contribution is 5.89. The average molecular weight is 233 g/mol. The van der Waals surface area contributed by atoms with Gasteiger partial charge in [-0.25, -0.2) is 4.98 Å². The molecule has 0 spiro atoms. The highest BCUT2D eigenvalue weighted by Gasteiger charge is 2.14. The Morgan fingerprint density at radius 2 is 2.12 bits per heavy atom. The van der Waals surface area contributed by atoms with E-state index < -0.39 is 4.92 Å². The molecular weight excluding hydrogens is 222 g/mol. The van der Waals surface area contributed by atoms with Crippen LogP contribution in [0.15, 0.2) is 18.2 Å². The number of nitrogens with zero attached hydrogens (tertiary/aromatic N) is 2. The Morgan fingerprint density at radius 1 is 1.41 bits per heavy atom. The van der Waals surface area contributed by atoms with Crippen LogP contribution in [0.4, 0.5) is 11.5 Å². The van der Waals surface area contributed by atoms with Gasteiger partial charge in [-0.2, -0.15) is 0 Å². The summed E-state index contributed by atoms with van der Waals surface area (Å²) in [5.41, 5.74) is 6.99. The average Bonchev–Trinajstić information content (AvgIpc) is 2.29. The molecule has 1 aromatic carbocycles. The van der Waals surface area contributed by atoms with Crippen molar-refractivity contribution in [2.24, 2.45) is 0 Å². The number of nitrogen functional groups attached to an aromatic ring is 1. The molecule has 2 N–H and O–H groups in total. The van der Waals surface area contributed by atoms with Crippen LogP contribution in [0.1, 0.15) is 5.56 Å². The number of nitro benzene ring substituents is 1. The van der Waals surface area contributed by atoms with Crippen LogP contribution in [-0.2, 0) is 0 Å². The standard InChI is InChI=1S/C11H11N3O3/c1-6-3-7-4-8(14(15)16)5-9(17-2)10(7)13-11(6)12/h3-5H,1-2H3,(H2,12,13). The minimum absolute atomic E-state index is 0.0275. The predicted octanol–water partition coefficient (Wildman–Crippen LogP) is 2.04. The van der Waals surface area contributed by atoms with Crippen LogP contribution >= 0.6 is 0 Å². The van der Waals surface area contributed by atoms with Crippen molar-refractivity contribution in [2.75, 3.05) is 12.8 Å². The normalized spacial score (nSPS) is 10.5. The molecular formula is C11H11N3O3. The third-order valence-electron chi connectivity index (χ3n) is 2.53. The quantitative estimate of drug-likeness (QED) is 0.633. The lowest BCUT2D eigenvalue weighted by molar-refractivity contribution is -0.384. The molecule has 0 saturated carbocycles. The monoisotopic (exact) mass is 233 g/mol. The minimum atomic E-state index is -0.465. The number of rotatable bonds is 2. The molecule has 0 aliphatic carbocycles. The van der Waals surface area contributed by atoms with Crippen molar-refractivity contribution in [1.82, 2.24) is 4.98 Å².